The molecule has 0 aliphatic carbocycles. The Hall–Kier alpha value is -3.19. The van der Waals surface area contributed by atoms with Crippen LogP contribution in [0.25, 0.3) is 39.0 Å². The second-order valence-electron chi connectivity index (χ2n) is 5.64. The molecule has 0 bridgehead atoms. The zero-order valence-electron chi connectivity index (χ0n) is 13.1. The Morgan fingerprint density at radius 2 is 2.04 bits per heavy atom. The molecule has 0 unspecified atom stereocenters. The normalized spacial score (nSPS) is 11.6. The molecule has 3 aromatic heterocycles. The molecule has 3 heterocycles. The van der Waals surface area contributed by atoms with Crippen LogP contribution in [-0.2, 0) is 0 Å². The zero-order chi connectivity index (χ0) is 17.0. The molecule has 0 aliphatic rings. The molecule has 0 fully saturated rings. The van der Waals surface area contributed by atoms with Crippen molar-refractivity contribution in [1.29, 1.82) is 0 Å². The molecule has 2 aromatic carbocycles. The number of ether oxygens (including phenoxy) is 1. The number of aromatic amines is 1. The number of tetrazole rings is 1. The number of hydrogen-bond donors (Lipinski definition) is 1. The SMILES string of the molecule is COc1ccc2c(c1)cc(-c1nc3ccc(Cl)cc3[nH]1)c1nnnn12. The van der Waals surface area contributed by atoms with E-state index in [2.05, 4.69) is 25.5 Å². The summed E-state index contributed by atoms with van der Waals surface area (Å²) in [7, 11) is 1.64. The average molecular weight is 351 g/mol. The fraction of sp³-hybridized carbons (Fsp3) is 0.0588. The van der Waals surface area contributed by atoms with Crippen molar-refractivity contribution in [2.45, 2.75) is 0 Å². The highest BCUT2D eigenvalue weighted by Gasteiger charge is 2.15. The number of rotatable bonds is 2. The fourth-order valence-corrected chi connectivity index (χ4v) is 3.16. The van der Waals surface area contributed by atoms with Gasteiger partial charge in [0, 0.05) is 10.4 Å². The van der Waals surface area contributed by atoms with Crippen molar-refractivity contribution in [2.75, 3.05) is 7.11 Å². The standard InChI is InChI=1S/C17H11ClN6O/c1-25-11-3-5-15-9(6-11)7-12(17-21-22-23-24(15)17)16-19-13-4-2-10(18)8-14(13)20-16/h2-8H,1H3,(H,19,20). The summed E-state index contributed by atoms with van der Waals surface area (Å²) in [5.41, 5.74) is 4.01. The van der Waals surface area contributed by atoms with E-state index < -0.39 is 0 Å². The molecule has 122 valence electrons. The number of methoxy groups -OCH3 is 1. The van der Waals surface area contributed by atoms with Gasteiger partial charge in [-0.15, -0.1) is 5.10 Å². The molecule has 5 aromatic rings. The van der Waals surface area contributed by atoms with Crippen LogP contribution in [0.2, 0.25) is 5.02 Å². The molecular weight excluding hydrogens is 340 g/mol. The van der Waals surface area contributed by atoms with Crippen LogP contribution in [0.3, 0.4) is 0 Å². The van der Waals surface area contributed by atoms with E-state index in [1.165, 1.54) is 0 Å². The predicted molar refractivity (Wildman–Crippen MR) is 94.9 cm³/mol. The second-order valence-corrected chi connectivity index (χ2v) is 6.08. The first kappa shape index (κ1) is 14.2. The van der Waals surface area contributed by atoms with Gasteiger partial charge in [-0.25, -0.2) is 4.98 Å². The quantitative estimate of drug-likeness (QED) is 0.527. The van der Waals surface area contributed by atoms with Crippen molar-refractivity contribution >= 4 is 39.2 Å². The Bertz CT molecular complexity index is 1260. The summed E-state index contributed by atoms with van der Waals surface area (Å²) in [6.45, 7) is 0. The van der Waals surface area contributed by atoms with Gasteiger partial charge in [-0.2, -0.15) is 4.52 Å². The minimum Gasteiger partial charge on any atom is -0.497 e. The molecule has 0 saturated heterocycles. The lowest BCUT2D eigenvalue weighted by atomic mass is 10.1. The van der Waals surface area contributed by atoms with Gasteiger partial charge in [0.25, 0.3) is 0 Å². The first-order chi connectivity index (χ1) is 12.2. The van der Waals surface area contributed by atoms with Crippen LogP contribution in [0.4, 0.5) is 0 Å². The number of nitrogens with one attached hydrogen (secondary N) is 1. The van der Waals surface area contributed by atoms with Gasteiger partial charge in [-0.3, -0.25) is 0 Å². The number of imidazole rings is 1. The van der Waals surface area contributed by atoms with E-state index in [1.54, 1.807) is 11.6 Å². The van der Waals surface area contributed by atoms with Gasteiger partial charge in [0.05, 0.1) is 29.2 Å². The lowest BCUT2D eigenvalue weighted by molar-refractivity contribution is 0.415. The predicted octanol–water partition coefficient (Wildman–Crippen LogP) is 3.48. The second kappa shape index (κ2) is 5.15. The first-order valence-electron chi connectivity index (χ1n) is 7.57. The maximum absolute atomic E-state index is 6.06. The van der Waals surface area contributed by atoms with Gasteiger partial charge in [-0.1, -0.05) is 11.6 Å². The van der Waals surface area contributed by atoms with E-state index in [-0.39, 0.29) is 0 Å². The Morgan fingerprint density at radius 1 is 1.12 bits per heavy atom. The number of halogens is 1. The Balaban J connectivity index is 1.84. The highest BCUT2D eigenvalue weighted by atomic mass is 35.5. The smallest absolute Gasteiger partial charge is 0.190 e. The molecule has 0 radical (unpaired) electrons. The number of aromatic nitrogens is 6. The molecule has 0 atom stereocenters. The van der Waals surface area contributed by atoms with Crippen molar-refractivity contribution in [1.82, 2.24) is 30.0 Å². The molecule has 5 rings (SSSR count). The van der Waals surface area contributed by atoms with E-state index >= 15 is 0 Å². The van der Waals surface area contributed by atoms with Gasteiger partial charge in [0.2, 0.25) is 0 Å². The lowest BCUT2D eigenvalue weighted by Crippen LogP contribution is -1.95. The van der Waals surface area contributed by atoms with Crippen molar-refractivity contribution in [3.63, 3.8) is 0 Å². The van der Waals surface area contributed by atoms with Crippen LogP contribution in [0.5, 0.6) is 5.75 Å². The molecule has 1 N–H and O–H groups in total. The fourth-order valence-electron chi connectivity index (χ4n) is 2.99. The highest BCUT2D eigenvalue weighted by Crippen LogP contribution is 2.30. The summed E-state index contributed by atoms with van der Waals surface area (Å²) in [4.78, 5) is 7.94. The lowest BCUT2D eigenvalue weighted by Gasteiger charge is -2.06. The first-order valence-corrected chi connectivity index (χ1v) is 7.95. The van der Waals surface area contributed by atoms with Crippen molar-refractivity contribution < 1.29 is 4.74 Å². The number of H-pyrrole nitrogens is 1. The monoisotopic (exact) mass is 350 g/mol. The Labute approximate surface area is 146 Å². The van der Waals surface area contributed by atoms with Crippen LogP contribution in [-0.4, -0.2) is 37.1 Å². The minimum absolute atomic E-state index is 0.628. The molecule has 0 spiro atoms. The number of benzene rings is 2. The van der Waals surface area contributed by atoms with E-state index in [0.29, 0.717) is 16.5 Å². The van der Waals surface area contributed by atoms with Gasteiger partial charge in [0.1, 0.15) is 11.6 Å². The molecular formula is C17H11ClN6O. The van der Waals surface area contributed by atoms with Crippen molar-refractivity contribution in [3.05, 3.63) is 47.5 Å². The molecule has 0 amide bonds. The number of fused-ring (bicyclic) bond motifs is 4. The molecule has 0 aliphatic heterocycles. The molecule has 25 heavy (non-hydrogen) atoms. The van der Waals surface area contributed by atoms with Crippen LogP contribution in [0.15, 0.2) is 42.5 Å². The summed E-state index contributed by atoms with van der Waals surface area (Å²) >= 11 is 6.06. The van der Waals surface area contributed by atoms with Gasteiger partial charge >= 0.3 is 0 Å². The van der Waals surface area contributed by atoms with Crippen LogP contribution < -0.4 is 4.74 Å². The number of pyridine rings is 1. The third-order valence-corrected chi connectivity index (χ3v) is 4.41. The number of hydrogen-bond acceptors (Lipinski definition) is 5. The van der Waals surface area contributed by atoms with Crippen LogP contribution in [0, 0.1) is 0 Å². The third-order valence-electron chi connectivity index (χ3n) is 4.17. The van der Waals surface area contributed by atoms with Crippen LogP contribution in [0.1, 0.15) is 0 Å². The highest BCUT2D eigenvalue weighted by molar-refractivity contribution is 6.31. The molecule has 7 nitrogen and oxygen atoms in total. The van der Waals surface area contributed by atoms with Gasteiger partial charge in [0.15, 0.2) is 5.65 Å². The van der Waals surface area contributed by atoms with Gasteiger partial charge < -0.3 is 9.72 Å². The van der Waals surface area contributed by atoms with Crippen molar-refractivity contribution in [2.24, 2.45) is 0 Å². The van der Waals surface area contributed by atoms with Crippen molar-refractivity contribution in [3.8, 4) is 17.1 Å². The Kier molecular flexibility index (Phi) is 2.92. The van der Waals surface area contributed by atoms with E-state index in [1.807, 2.05) is 42.5 Å². The number of nitrogens with zero attached hydrogens (tertiary/aromatic N) is 5. The molecule has 8 heteroatoms. The maximum atomic E-state index is 6.06. The summed E-state index contributed by atoms with van der Waals surface area (Å²) in [5.74, 6) is 1.45. The Morgan fingerprint density at radius 3 is 2.92 bits per heavy atom. The minimum atomic E-state index is 0.628. The average Bonchev–Trinajstić information content (AvgIpc) is 3.27. The maximum Gasteiger partial charge on any atom is 0.190 e. The zero-order valence-corrected chi connectivity index (χ0v) is 13.8. The summed E-state index contributed by atoms with van der Waals surface area (Å²) in [6.07, 6.45) is 0. The van der Waals surface area contributed by atoms with E-state index in [0.717, 1.165) is 33.2 Å². The van der Waals surface area contributed by atoms with E-state index in [9.17, 15) is 0 Å². The summed E-state index contributed by atoms with van der Waals surface area (Å²) < 4.78 is 7.02. The molecule has 0 saturated carbocycles. The van der Waals surface area contributed by atoms with E-state index in [4.69, 9.17) is 16.3 Å². The van der Waals surface area contributed by atoms with Crippen LogP contribution >= 0.6 is 11.6 Å². The largest absolute Gasteiger partial charge is 0.497 e. The summed E-state index contributed by atoms with van der Waals surface area (Å²) in [6, 6.07) is 13.3. The summed E-state index contributed by atoms with van der Waals surface area (Å²) in [5, 5.41) is 13.7. The van der Waals surface area contributed by atoms with Gasteiger partial charge in [-0.05, 0) is 52.9 Å². The third kappa shape index (κ3) is 2.13. The topological polar surface area (TPSA) is 81.0 Å².